The minimum atomic E-state index is -1.22. The molecule has 4 rings (SSSR count). The van der Waals surface area contributed by atoms with E-state index < -0.39 is 138 Å². The molecule has 3 atom stereocenters. The molecule has 0 amide bonds. The zero-order chi connectivity index (χ0) is 70.8. The van der Waals surface area contributed by atoms with Gasteiger partial charge in [-0.3, -0.25) is 111 Å². The van der Waals surface area contributed by atoms with E-state index in [9.17, 15) is 72.5 Å². The average molecular weight is 1600 g/mol. The summed E-state index contributed by atoms with van der Waals surface area (Å²) >= 11 is 0. The van der Waals surface area contributed by atoms with Gasteiger partial charge >= 0.3 is 134 Å². The van der Waals surface area contributed by atoms with Crippen LogP contribution in [0.25, 0.3) is 10.6 Å². The Balaban J connectivity index is -0.000000223. The Morgan fingerprint density at radius 1 is 0.354 bits per heavy atom. The summed E-state index contributed by atoms with van der Waals surface area (Å²) in [7, 11) is 1.65. The van der Waals surface area contributed by atoms with Gasteiger partial charge in [-0.1, -0.05) is 26.3 Å². The fourth-order valence-corrected chi connectivity index (χ4v) is 11.2. The summed E-state index contributed by atoms with van der Waals surface area (Å²) in [5, 5.41) is 126. The molecule has 0 spiro atoms. The molecule has 19 N–H and O–H groups in total. The summed E-state index contributed by atoms with van der Waals surface area (Å²) in [6, 6.07) is -2.49. The Bertz CT molecular complexity index is 2470. The smallest absolute Gasteiger partial charge is 0.646 e. The van der Waals surface area contributed by atoms with Crippen LogP contribution in [0.5, 0.6) is 0 Å². The fourth-order valence-electron chi connectivity index (χ4n) is 11.2. The van der Waals surface area contributed by atoms with E-state index in [1.54, 1.807) is 85.8 Å². The monoisotopic (exact) mass is 1600 g/mol. The van der Waals surface area contributed by atoms with Crippen molar-refractivity contribution < 1.29 is 213 Å². The molecule has 0 aromatic carbocycles. The number of carboxylic acid groups (broad SMARTS) is 13. The van der Waals surface area contributed by atoms with Gasteiger partial charge in [-0.05, 0) is 73.5 Å². The van der Waals surface area contributed by atoms with Crippen LogP contribution in [-0.4, -0.2) is 427 Å². The Kier molecular flexibility index (Phi) is 54.1. The number of carbonyl (C=O) groups is 13. The van der Waals surface area contributed by atoms with E-state index in [-0.39, 0.29) is 183 Å². The zero-order valence-electron chi connectivity index (χ0n) is 56.1. The van der Waals surface area contributed by atoms with Gasteiger partial charge < -0.3 is 93.4 Å². The second-order valence-corrected chi connectivity index (χ2v) is 24.3. The molecule has 0 aromatic heterocycles. The molecular formula is C54H98Mn4N12O29+10. The van der Waals surface area contributed by atoms with E-state index in [2.05, 4.69) is 10.6 Å². The second kappa shape index (κ2) is 50.0. The van der Waals surface area contributed by atoms with E-state index in [1.807, 2.05) is 6.92 Å². The predicted octanol–water partition coefficient (Wildman–Crippen LogP) is -6.79. The number of rotatable bonds is 30. The number of likely N-dealkylation sites (N-methyl/N-ethyl adjacent to an activating group) is 1. The maximum absolute atomic E-state index is 11.3. The molecule has 99 heavy (non-hydrogen) atoms. The third kappa shape index (κ3) is 42.6. The Labute approximate surface area is 613 Å². The van der Waals surface area contributed by atoms with Gasteiger partial charge in [0, 0.05) is 89.6 Å². The van der Waals surface area contributed by atoms with Crippen molar-refractivity contribution in [2.24, 2.45) is 0 Å². The third-order valence-corrected chi connectivity index (χ3v) is 15.5. The van der Waals surface area contributed by atoms with Gasteiger partial charge in [-0.2, -0.15) is 0 Å². The van der Waals surface area contributed by atoms with Gasteiger partial charge in [0.2, 0.25) is 0 Å². The molecule has 4 aliphatic rings. The maximum atomic E-state index is 11.3. The molecule has 4 heterocycles. The van der Waals surface area contributed by atoms with Crippen molar-refractivity contribution in [2.45, 2.75) is 88.7 Å². The van der Waals surface area contributed by atoms with Crippen molar-refractivity contribution in [3.8, 4) is 0 Å². The largest absolute Gasteiger partial charge is 3.00 e. The van der Waals surface area contributed by atoms with Gasteiger partial charge in [0.05, 0.1) is 58.9 Å². The molecule has 0 unspecified atom stereocenters. The number of aliphatic carboxylic acids is 13. The quantitative estimate of drug-likeness (QED) is 0.0297. The summed E-state index contributed by atoms with van der Waals surface area (Å²) in [4.78, 5) is 159. The van der Waals surface area contributed by atoms with Crippen LogP contribution < -0.4 is 0 Å². The standard InChI is InChI=1S/C15H26N3O6.C14H23N3O8.C13H23N3O6.C12H20N3O6.4Mn.3H2O/c1-9(12(19)20)16-15(4)7-17(10(2)13(21)22)5-6-18(8-15)11(3)14(23)24;1-14(17(6-12(22)23)7-13(24)25)8-15(4-10(18)19)2-3-16(9-14)5-11(20)21;1-13(14(2)5-10(17)18)8-15(6-11(19)20)3-4-16(9-13)7-12(21)22;1-12(13-4-9(16)17)7-14(5-10(18)19)2-3-15(8-12)6-11(20)21;;;;;;;/h9-11H,5-8H2,1-4H3,(H,19,20)(H,21,22)(H,23,24);2-9H2,1H3,(H,18,19)(H,20,21)(H,22,23)(H,24,25);3-9H2,1-2H3,(H,17,18)(H,19,20)(H,21,22);2-8H2,1H3,(H,16,17)(H,18,19)(H,20,21);;;;;3*1H2/q-1;;;-1;4*+3;;;/t9-,10+,11+;;;;;;;;;;/m0........../s1. The van der Waals surface area contributed by atoms with Crippen LogP contribution in [0.3, 0.4) is 0 Å². The number of hydrogen-bond donors (Lipinski definition) is 13. The van der Waals surface area contributed by atoms with Gasteiger partial charge in [0.25, 0.3) is 11.9 Å². The molecule has 0 bridgehead atoms. The van der Waals surface area contributed by atoms with Crippen LogP contribution in [0.4, 0.5) is 0 Å². The summed E-state index contributed by atoms with van der Waals surface area (Å²) in [5.74, 6) is -13.6. The van der Waals surface area contributed by atoms with Crippen molar-refractivity contribution in [2.75, 3.05) is 177 Å². The van der Waals surface area contributed by atoms with Crippen molar-refractivity contribution in [1.82, 2.24) is 49.0 Å². The topological polar surface area (TPSA) is 640 Å². The SMILES string of the molecule is CC1(N(CC(=O)O)CC(=O)O)CN(CC(=O)O)CCN(CC(=O)O)C1.CC1([N-]CC(=O)O)CN(CC(=O)O)CCN(CC(=O)O)C1.CN(CC(=O)O)C1(C)CN(CC(=O)O)CCN(CC(=O)O)C1.C[C@H]([N-]C1(C)CN([C@H](C)C(=O)O)CCN([C@H](C)C(=O)O)C1)C(=O)O.O.O.O.[Mn+3].[Mn+3].[Mn+3].[Mn+3]. The minimum Gasteiger partial charge on any atom is -0.646 e. The molecule has 0 aromatic rings. The van der Waals surface area contributed by atoms with Gasteiger partial charge in [0.15, 0.2) is 0 Å². The van der Waals surface area contributed by atoms with Crippen LogP contribution in [-0.2, 0) is 131 Å². The molecule has 0 aliphatic carbocycles. The molecule has 0 saturated carbocycles. The fraction of sp³-hybridized carbons (Fsp3) is 0.759. The molecular weight excluding hydrogens is 1500 g/mol. The third-order valence-electron chi connectivity index (χ3n) is 15.5. The molecule has 41 nitrogen and oxygen atoms in total. The number of nitrogens with zero attached hydrogens (tertiary/aromatic N) is 12. The first-order valence-corrected chi connectivity index (χ1v) is 28.9. The van der Waals surface area contributed by atoms with E-state index in [1.165, 1.54) is 11.8 Å². The first-order valence-electron chi connectivity index (χ1n) is 28.9. The van der Waals surface area contributed by atoms with Crippen LogP contribution >= 0.6 is 0 Å². The van der Waals surface area contributed by atoms with Crippen LogP contribution in [0.1, 0.15) is 48.5 Å². The Morgan fingerprint density at radius 2 is 0.616 bits per heavy atom. The van der Waals surface area contributed by atoms with Crippen molar-refractivity contribution in [3.05, 3.63) is 10.6 Å². The first-order chi connectivity index (χ1) is 42.3. The van der Waals surface area contributed by atoms with Crippen molar-refractivity contribution in [3.63, 3.8) is 0 Å². The Morgan fingerprint density at radius 3 is 0.848 bits per heavy atom. The van der Waals surface area contributed by atoms with Crippen molar-refractivity contribution in [1.29, 1.82) is 0 Å². The molecule has 45 heteroatoms. The molecule has 0 radical (unpaired) electrons. The van der Waals surface area contributed by atoms with Crippen molar-refractivity contribution >= 4 is 77.6 Å². The zero-order valence-corrected chi connectivity index (χ0v) is 60.8. The van der Waals surface area contributed by atoms with Gasteiger partial charge in [-0.15, -0.1) is 5.54 Å². The summed E-state index contributed by atoms with van der Waals surface area (Å²) in [5.41, 5.74) is -3.40. The van der Waals surface area contributed by atoms with Crippen LogP contribution in [0, 0.1) is 0 Å². The van der Waals surface area contributed by atoms with Gasteiger partial charge in [-0.25, -0.2) is 0 Å². The molecule has 566 valence electrons. The average Bonchev–Trinajstić information content (AvgIpc) is 1.79. The minimum absolute atomic E-state index is 0. The van der Waals surface area contributed by atoms with E-state index in [0.29, 0.717) is 52.4 Å². The van der Waals surface area contributed by atoms with Gasteiger partial charge in [0.1, 0.15) is 12.1 Å². The van der Waals surface area contributed by atoms with E-state index >= 15 is 0 Å². The Hall–Kier alpha value is -5.41. The molecule has 4 saturated heterocycles. The summed E-state index contributed by atoms with van der Waals surface area (Å²) < 4.78 is 0. The van der Waals surface area contributed by atoms with Crippen LogP contribution in [0.15, 0.2) is 0 Å². The molecule has 4 fully saturated rings. The normalized spacial score (nSPS) is 18.9. The summed E-state index contributed by atoms with van der Waals surface area (Å²) in [6.07, 6.45) is 0. The predicted molar refractivity (Wildman–Crippen MR) is 330 cm³/mol. The van der Waals surface area contributed by atoms with Crippen LogP contribution in [0.2, 0.25) is 0 Å². The summed E-state index contributed by atoms with van der Waals surface area (Å²) in [6.45, 7) is 13.5. The maximum Gasteiger partial charge on any atom is 3.00 e. The number of hydrogen-bond acceptors (Lipinski definition) is 23. The second-order valence-electron chi connectivity index (χ2n) is 24.3. The first kappa shape index (κ1) is 107. The van der Waals surface area contributed by atoms with E-state index in [4.69, 9.17) is 56.2 Å². The molecule has 4 aliphatic heterocycles. The van der Waals surface area contributed by atoms with E-state index in [0.717, 1.165) is 0 Å². The number of carboxylic acids is 13.